The number of fused-ring (bicyclic) bond motifs is 5. The van der Waals surface area contributed by atoms with E-state index in [2.05, 4.69) is 13.0 Å². The van der Waals surface area contributed by atoms with Gasteiger partial charge >= 0.3 is 0 Å². The summed E-state index contributed by atoms with van der Waals surface area (Å²) >= 11 is 0. The van der Waals surface area contributed by atoms with Gasteiger partial charge in [0.25, 0.3) is 0 Å². The van der Waals surface area contributed by atoms with Crippen molar-refractivity contribution in [2.45, 2.75) is 69.8 Å². The van der Waals surface area contributed by atoms with E-state index in [1.54, 1.807) is 0 Å². The molecule has 4 aliphatic rings. The number of ether oxygens (including phenoxy) is 1. The van der Waals surface area contributed by atoms with Crippen molar-refractivity contribution >= 4 is 0 Å². The first-order chi connectivity index (χ1) is 11.6. The molecule has 3 fully saturated rings. The molecule has 1 aromatic heterocycles. The quantitative estimate of drug-likeness (QED) is 0.879. The van der Waals surface area contributed by atoms with Crippen LogP contribution in [-0.4, -0.2) is 24.4 Å². The molecular formula is C21H30O3. The van der Waals surface area contributed by atoms with Crippen LogP contribution in [0, 0.1) is 22.7 Å². The van der Waals surface area contributed by atoms with Crippen molar-refractivity contribution in [3.05, 3.63) is 23.7 Å². The van der Waals surface area contributed by atoms with Gasteiger partial charge in [-0.3, -0.25) is 0 Å². The Bertz CT molecular complexity index is 645. The van der Waals surface area contributed by atoms with Gasteiger partial charge in [0.2, 0.25) is 0 Å². The lowest BCUT2D eigenvalue weighted by atomic mass is 9.45. The third-order valence-electron chi connectivity index (χ3n) is 8.83. The zero-order chi connectivity index (χ0) is 16.6. The lowest BCUT2D eigenvalue weighted by Gasteiger charge is -2.59. The average Bonchev–Trinajstić information content (AvgIpc) is 3.15. The zero-order valence-corrected chi connectivity index (χ0v) is 15.0. The Hall–Kier alpha value is -0.800. The molecule has 4 aliphatic carbocycles. The van der Waals surface area contributed by atoms with Crippen molar-refractivity contribution in [3.63, 3.8) is 0 Å². The van der Waals surface area contributed by atoms with E-state index < -0.39 is 0 Å². The summed E-state index contributed by atoms with van der Waals surface area (Å²) in [6.07, 6.45) is 11.7. The minimum Gasteiger partial charge on any atom is -0.469 e. The zero-order valence-electron chi connectivity index (χ0n) is 15.0. The highest BCUT2D eigenvalue weighted by Crippen LogP contribution is 2.72. The Morgan fingerprint density at radius 2 is 2.17 bits per heavy atom. The smallest absolute Gasteiger partial charge is 0.107 e. The molecule has 2 bridgehead atoms. The molecule has 132 valence electrons. The molecule has 24 heavy (non-hydrogen) atoms. The van der Waals surface area contributed by atoms with Crippen LogP contribution in [0.4, 0.5) is 0 Å². The van der Waals surface area contributed by atoms with Gasteiger partial charge < -0.3 is 14.3 Å². The van der Waals surface area contributed by atoms with E-state index in [-0.39, 0.29) is 12.2 Å². The van der Waals surface area contributed by atoms with Crippen LogP contribution in [0.5, 0.6) is 0 Å². The Morgan fingerprint density at radius 3 is 2.96 bits per heavy atom. The molecule has 0 saturated heterocycles. The van der Waals surface area contributed by atoms with E-state index in [1.807, 2.05) is 13.4 Å². The molecule has 1 N–H and O–H groups in total. The molecule has 1 aromatic rings. The predicted octanol–water partition coefficient (Wildman–Crippen LogP) is 4.29. The highest BCUT2D eigenvalue weighted by Gasteiger charge is 2.66. The van der Waals surface area contributed by atoms with Gasteiger partial charge in [-0.25, -0.2) is 0 Å². The third-order valence-corrected chi connectivity index (χ3v) is 8.83. The largest absolute Gasteiger partial charge is 0.469 e. The molecule has 1 heterocycles. The summed E-state index contributed by atoms with van der Waals surface area (Å²) in [6.45, 7) is 2.75. The van der Waals surface area contributed by atoms with Gasteiger partial charge in [-0.1, -0.05) is 6.92 Å². The monoisotopic (exact) mass is 330 g/mol. The van der Waals surface area contributed by atoms with Gasteiger partial charge in [-0.15, -0.1) is 0 Å². The Labute approximate surface area is 144 Å². The summed E-state index contributed by atoms with van der Waals surface area (Å²) in [5, 5.41) is 10.1. The molecule has 3 nitrogen and oxygen atoms in total. The average molecular weight is 330 g/mol. The molecule has 3 unspecified atom stereocenters. The van der Waals surface area contributed by atoms with E-state index >= 15 is 0 Å². The minimum atomic E-state index is -0.270. The van der Waals surface area contributed by atoms with Gasteiger partial charge in [0.1, 0.15) is 5.76 Å². The van der Waals surface area contributed by atoms with Crippen molar-refractivity contribution in [3.8, 4) is 0 Å². The lowest BCUT2D eigenvalue weighted by Crippen LogP contribution is -2.51. The second kappa shape index (κ2) is 4.88. The highest BCUT2D eigenvalue weighted by atomic mass is 16.5. The third kappa shape index (κ3) is 1.71. The van der Waals surface area contributed by atoms with Crippen LogP contribution in [0.2, 0.25) is 0 Å². The number of furan rings is 1. The van der Waals surface area contributed by atoms with Crippen LogP contribution in [0.1, 0.15) is 69.1 Å². The second-order valence-electron chi connectivity index (χ2n) is 9.39. The fourth-order valence-corrected chi connectivity index (χ4v) is 7.79. The van der Waals surface area contributed by atoms with E-state index in [4.69, 9.17) is 9.15 Å². The van der Waals surface area contributed by atoms with Crippen LogP contribution < -0.4 is 0 Å². The van der Waals surface area contributed by atoms with Gasteiger partial charge in [0.15, 0.2) is 0 Å². The lowest BCUT2D eigenvalue weighted by molar-refractivity contribution is -0.0860. The predicted molar refractivity (Wildman–Crippen MR) is 91.8 cm³/mol. The Morgan fingerprint density at radius 1 is 1.29 bits per heavy atom. The first-order valence-electron chi connectivity index (χ1n) is 9.79. The van der Waals surface area contributed by atoms with Gasteiger partial charge in [0, 0.05) is 13.5 Å². The summed E-state index contributed by atoms with van der Waals surface area (Å²) in [6, 6.07) is 2.24. The summed E-state index contributed by atoms with van der Waals surface area (Å²) < 4.78 is 11.7. The van der Waals surface area contributed by atoms with Crippen molar-refractivity contribution in [1.82, 2.24) is 0 Å². The highest BCUT2D eigenvalue weighted by molar-refractivity contribution is 5.31. The number of hydrogen-bond acceptors (Lipinski definition) is 3. The standard InChI is InChI=1S/C21H30O3/c1-19-8-6-17-15(7-10-24-17)16(19)5-9-20-11-14(3-4-18(19)20)21(12-20,13-22)23-2/h7,10,14,16,18,22H,3-6,8-9,11-13H2,1-2H3/t14?,16?,18?,19-,20+,21+/m1/s1. The Balaban J connectivity index is 1.55. The number of aliphatic hydroxyl groups is 1. The van der Waals surface area contributed by atoms with Crippen molar-refractivity contribution in [2.24, 2.45) is 22.7 Å². The number of hydrogen-bond donors (Lipinski definition) is 1. The number of rotatable bonds is 2. The van der Waals surface area contributed by atoms with Crippen molar-refractivity contribution in [2.75, 3.05) is 13.7 Å². The molecule has 3 heteroatoms. The first-order valence-corrected chi connectivity index (χ1v) is 9.79. The van der Waals surface area contributed by atoms with Crippen LogP contribution in [0.15, 0.2) is 16.7 Å². The molecular weight excluding hydrogens is 300 g/mol. The summed E-state index contributed by atoms with van der Waals surface area (Å²) in [5.74, 6) is 3.23. The molecule has 0 radical (unpaired) electrons. The van der Waals surface area contributed by atoms with Crippen LogP contribution in [-0.2, 0) is 11.2 Å². The summed E-state index contributed by atoms with van der Waals surface area (Å²) in [4.78, 5) is 0. The van der Waals surface area contributed by atoms with Crippen LogP contribution in [0.3, 0.4) is 0 Å². The molecule has 6 atom stereocenters. The molecule has 0 aliphatic heterocycles. The summed E-state index contributed by atoms with van der Waals surface area (Å²) in [5.41, 5.74) is 2.01. The number of aryl methyl sites for hydroxylation is 1. The Kier molecular flexibility index (Phi) is 3.14. The molecule has 0 amide bonds. The SMILES string of the molecule is CO[C@]1(CO)C[C@@]23CCC4c5ccoc5CC[C@@]4(C)C2CCC1C3. The van der Waals surface area contributed by atoms with E-state index in [0.717, 1.165) is 18.8 Å². The molecule has 1 spiro atoms. The maximum absolute atomic E-state index is 10.1. The van der Waals surface area contributed by atoms with E-state index in [1.165, 1.54) is 49.8 Å². The van der Waals surface area contributed by atoms with Crippen molar-refractivity contribution < 1.29 is 14.3 Å². The van der Waals surface area contributed by atoms with Crippen LogP contribution >= 0.6 is 0 Å². The van der Waals surface area contributed by atoms with Crippen molar-refractivity contribution in [1.29, 1.82) is 0 Å². The maximum Gasteiger partial charge on any atom is 0.107 e. The van der Waals surface area contributed by atoms with E-state index in [9.17, 15) is 5.11 Å². The second-order valence-corrected chi connectivity index (χ2v) is 9.39. The fraction of sp³-hybridized carbons (Fsp3) is 0.810. The van der Waals surface area contributed by atoms with Gasteiger partial charge in [0.05, 0.1) is 18.5 Å². The van der Waals surface area contributed by atoms with Gasteiger partial charge in [-0.2, -0.15) is 0 Å². The topological polar surface area (TPSA) is 42.6 Å². The molecule has 5 rings (SSSR count). The minimum absolute atomic E-state index is 0.189. The fourth-order valence-electron chi connectivity index (χ4n) is 7.79. The number of methoxy groups -OCH3 is 1. The molecule has 3 saturated carbocycles. The summed E-state index contributed by atoms with van der Waals surface area (Å²) in [7, 11) is 1.81. The maximum atomic E-state index is 10.1. The van der Waals surface area contributed by atoms with E-state index in [0.29, 0.717) is 22.7 Å². The normalized spacial score (nSPS) is 49.4. The van der Waals surface area contributed by atoms with Crippen LogP contribution in [0.25, 0.3) is 0 Å². The first kappa shape index (κ1) is 15.5. The van der Waals surface area contributed by atoms with Gasteiger partial charge in [-0.05, 0) is 85.2 Å². The number of aliphatic hydroxyl groups excluding tert-OH is 1. The molecule has 0 aromatic carbocycles.